The van der Waals surface area contributed by atoms with Crippen LogP contribution >= 0.6 is 11.3 Å². The van der Waals surface area contributed by atoms with Crippen LogP contribution in [0.3, 0.4) is 0 Å². The zero-order valence-electron chi connectivity index (χ0n) is 14.0. The number of nitrogens with one attached hydrogen (secondary N) is 1. The lowest BCUT2D eigenvalue weighted by atomic mass is 10.1. The Morgan fingerprint density at radius 1 is 1.50 bits per heavy atom. The van der Waals surface area contributed by atoms with Gasteiger partial charge in [0.1, 0.15) is 29.7 Å². The van der Waals surface area contributed by atoms with E-state index >= 15 is 0 Å². The first kappa shape index (κ1) is 17.7. The van der Waals surface area contributed by atoms with E-state index in [1.54, 1.807) is 29.8 Å². The molecule has 2 aromatic heterocycles. The lowest BCUT2D eigenvalue weighted by Crippen LogP contribution is -2.38. The van der Waals surface area contributed by atoms with Crippen molar-refractivity contribution in [3.63, 3.8) is 0 Å². The Morgan fingerprint density at radius 2 is 2.31 bits per heavy atom. The summed E-state index contributed by atoms with van der Waals surface area (Å²) in [7, 11) is 1.28. The molecule has 1 aliphatic rings. The SMILES string of the molecule is CON=C(C(=O)O)c1csc(/N=C2/CC(c3ccco3)N(C(C)=O)N2)c1. The van der Waals surface area contributed by atoms with Crippen LogP contribution < -0.4 is 5.43 Å². The molecule has 1 saturated heterocycles. The first-order chi connectivity index (χ1) is 12.5. The van der Waals surface area contributed by atoms with E-state index in [0.717, 1.165) is 0 Å². The van der Waals surface area contributed by atoms with Crippen LogP contribution in [-0.2, 0) is 14.4 Å². The number of furan rings is 1. The molecule has 2 aromatic rings. The molecule has 0 bridgehead atoms. The number of nitrogens with zero attached hydrogens (tertiary/aromatic N) is 3. The predicted molar refractivity (Wildman–Crippen MR) is 94.3 cm³/mol. The fourth-order valence-electron chi connectivity index (χ4n) is 2.56. The van der Waals surface area contributed by atoms with E-state index in [2.05, 4.69) is 20.4 Å². The van der Waals surface area contributed by atoms with Crippen molar-refractivity contribution in [2.45, 2.75) is 19.4 Å². The second-order valence-electron chi connectivity index (χ2n) is 5.40. The molecule has 0 aromatic carbocycles. The molecule has 1 unspecified atom stereocenters. The molecule has 3 rings (SSSR count). The highest BCUT2D eigenvalue weighted by Crippen LogP contribution is 2.31. The van der Waals surface area contributed by atoms with E-state index in [4.69, 9.17) is 4.42 Å². The Bertz CT molecular complexity index is 871. The van der Waals surface area contributed by atoms with Gasteiger partial charge < -0.3 is 14.4 Å². The number of hydrogen-bond donors (Lipinski definition) is 2. The van der Waals surface area contributed by atoms with Crippen molar-refractivity contribution in [2.75, 3.05) is 7.11 Å². The molecule has 0 radical (unpaired) electrons. The Hall–Kier alpha value is -3.14. The molecule has 0 spiro atoms. The first-order valence-electron chi connectivity index (χ1n) is 7.60. The quantitative estimate of drug-likeness (QED) is 0.611. The third-order valence-corrected chi connectivity index (χ3v) is 4.47. The van der Waals surface area contributed by atoms with Crippen molar-refractivity contribution >= 4 is 39.8 Å². The van der Waals surface area contributed by atoms with Crippen molar-refractivity contribution in [1.82, 2.24) is 10.4 Å². The minimum absolute atomic E-state index is 0.163. The van der Waals surface area contributed by atoms with E-state index in [1.807, 2.05) is 0 Å². The summed E-state index contributed by atoms with van der Waals surface area (Å²) in [6, 6.07) is 4.88. The third-order valence-electron chi connectivity index (χ3n) is 3.65. The highest BCUT2D eigenvalue weighted by molar-refractivity contribution is 7.14. The topological polar surface area (TPSA) is 117 Å². The highest BCUT2D eigenvalue weighted by Gasteiger charge is 2.34. The maximum absolute atomic E-state index is 11.9. The van der Waals surface area contributed by atoms with Crippen molar-refractivity contribution in [3.05, 3.63) is 41.2 Å². The first-order valence-corrected chi connectivity index (χ1v) is 8.48. The Balaban J connectivity index is 1.84. The number of oxime groups is 1. The van der Waals surface area contributed by atoms with Crippen LogP contribution in [0.15, 0.2) is 44.4 Å². The molecule has 1 amide bonds. The zero-order valence-corrected chi connectivity index (χ0v) is 14.8. The van der Waals surface area contributed by atoms with Crippen LogP contribution in [0.1, 0.15) is 30.7 Å². The Morgan fingerprint density at radius 3 is 2.92 bits per heavy atom. The number of amidine groups is 1. The van der Waals surface area contributed by atoms with Crippen molar-refractivity contribution in [3.8, 4) is 0 Å². The van der Waals surface area contributed by atoms with E-state index in [-0.39, 0.29) is 17.7 Å². The molecular weight excluding hydrogens is 360 g/mol. The maximum Gasteiger partial charge on any atom is 0.358 e. The normalized spacial score (nSPS) is 18.8. The summed E-state index contributed by atoms with van der Waals surface area (Å²) in [5, 5.41) is 16.4. The average molecular weight is 376 g/mol. The van der Waals surface area contributed by atoms with E-state index in [9.17, 15) is 14.7 Å². The van der Waals surface area contributed by atoms with Crippen LogP contribution in [0.25, 0.3) is 0 Å². The number of carbonyl (C=O) groups is 2. The van der Waals surface area contributed by atoms with Gasteiger partial charge >= 0.3 is 5.97 Å². The summed E-state index contributed by atoms with van der Waals surface area (Å²) < 4.78 is 5.40. The number of carboxylic acid groups (broad SMARTS) is 1. The van der Waals surface area contributed by atoms with Crippen LogP contribution in [-0.4, -0.2) is 40.6 Å². The standard InChI is InChI=1S/C16H16N4O5S/c1-9(21)20-11(12-4-3-5-25-12)7-13(18-20)17-14-6-10(8-26-14)15(16(22)23)19-24-2/h3-6,8,11H,7H2,1-2H3,(H,17,18)(H,22,23). The van der Waals surface area contributed by atoms with Gasteiger partial charge in [0.2, 0.25) is 5.91 Å². The number of amides is 1. The number of hydrazine groups is 1. The fraction of sp³-hybridized carbons (Fsp3) is 0.250. The molecule has 0 aliphatic carbocycles. The van der Waals surface area contributed by atoms with Gasteiger partial charge in [-0.25, -0.2) is 14.8 Å². The number of hydrogen-bond acceptors (Lipinski definition) is 7. The number of aliphatic carboxylic acids is 1. The summed E-state index contributed by atoms with van der Waals surface area (Å²) >= 11 is 1.26. The Labute approximate surface area is 152 Å². The van der Waals surface area contributed by atoms with Crippen LogP contribution in [0, 0.1) is 0 Å². The lowest BCUT2D eigenvalue weighted by Gasteiger charge is -2.20. The zero-order chi connectivity index (χ0) is 18.7. The summed E-state index contributed by atoms with van der Waals surface area (Å²) in [5.74, 6) is -0.118. The second-order valence-corrected chi connectivity index (χ2v) is 6.29. The van der Waals surface area contributed by atoms with E-state index < -0.39 is 5.97 Å². The number of carboxylic acids is 1. The number of thiophene rings is 1. The van der Waals surface area contributed by atoms with Crippen LogP contribution in [0.4, 0.5) is 5.00 Å². The lowest BCUT2D eigenvalue weighted by molar-refractivity contribution is -0.132. The maximum atomic E-state index is 11.9. The summed E-state index contributed by atoms with van der Waals surface area (Å²) in [6.07, 6.45) is 2.01. The minimum atomic E-state index is -1.19. The van der Waals surface area contributed by atoms with Gasteiger partial charge in [-0.3, -0.25) is 10.2 Å². The predicted octanol–water partition coefficient (Wildman–Crippen LogP) is 2.30. The highest BCUT2D eigenvalue weighted by atomic mass is 32.1. The molecule has 0 saturated carbocycles. The molecule has 2 N–H and O–H groups in total. The van der Waals surface area contributed by atoms with E-state index in [0.29, 0.717) is 28.6 Å². The van der Waals surface area contributed by atoms with Gasteiger partial charge in [0.15, 0.2) is 5.71 Å². The van der Waals surface area contributed by atoms with Gasteiger partial charge in [0.05, 0.1) is 6.26 Å². The minimum Gasteiger partial charge on any atom is -0.476 e. The average Bonchev–Trinajstić information content (AvgIpc) is 3.32. The van der Waals surface area contributed by atoms with Crippen molar-refractivity contribution in [1.29, 1.82) is 0 Å². The Kier molecular flexibility index (Phi) is 5.03. The molecule has 1 fully saturated rings. The van der Waals surface area contributed by atoms with Crippen molar-refractivity contribution < 1.29 is 24.0 Å². The number of aliphatic imine (C=N–C) groups is 1. The number of carbonyl (C=O) groups excluding carboxylic acids is 1. The van der Waals surface area contributed by atoms with Gasteiger partial charge in [0.25, 0.3) is 0 Å². The molecule has 3 heterocycles. The third kappa shape index (κ3) is 3.59. The molecule has 10 heteroatoms. The van der Waals surface area contributed by atoms with Crippen LogP contribution in [0.2, 0.25) is 0 Å². The van der Waals surface area contributed by atoms with Gasteiger partial charge in [-0.05, 0) is 18.2 Å². The molecule has 26 heavy (non-hydrogen) atoms. The molecular formula is C16H16N4O5S. The molecule has 136 valence electrons. The smallest absolute Gasteiger partial charge is 0.358 e. The van der Waals surface area contributed by atoms with Gasteiger partial charge in [-0.15, -0.1) is 11.3 Å². The summed E-state index contributed by atoms with van der Waals surface area (Å²) in [6.45, 7) is 1.45. The van der Waals surface area contributed by atoms with Gasteiger partial charge in [-0.2, -0.15) is 0 Å². The molecule has 1 aliphatic heterocycles. The van der Waals surface area contributed by atoms with E-state index in [1.165, 1.54) is 30.4 Å². The molecule has 9 nitrogen and oxygen atoms in total. The van der Waals surface area contributed by atoms with Gasteiger partial charge in [-0.1, -0.05) is 5.16 Å². The summed E-state index contributed by atoms with van der Waals surface area (Å²) in [4.78, 5) is 32.1. The summed E-state index contributed by atoms with van der Waals surface area (Å²) in [5.41, 5.74) is 3.17. The molecule has 1 atom stereocenters. The van der Waals surface area contributed by atoms with Gasteiger partial charge in [0, 0.05) is 24.3 Å². The largest absolute Gasteiger partial charge is 0.476 e. The van der Waals surface area contributed by atoms with Crippen molar-refractivity contribution in [2.24, 2.45) is 10.1 Å². The fourth-order valence-corrected chi connectivity index (χ4v) is 3.35. The monoisotopic (exact) mass is 376 g/mol. The number of rotatable bonds is 5. The van der Waals surface area contributed by atoms with Crippen LogP contribution in [0.5, 0.6) is 0 Å². The second kappa shape index (κ2) is 7.40.